The minimum Gasteiger partial charge on any atom is -0.465 e. The molecule has 0 saturated carbocycles. The fraction of sp³-hybridized carbons (Fsp3) is 0.364. The van der Waals surface area contributed by atoms with E-state index in [0.717, 1.165) is 0 Å². The van der Waals surface area contributed by atoms with E-state index in [1.807, 2.05) is 0 Å². The molecule has 0 atom stereocenters. The number of hydrogen-bond acceptors (Lipinski definition) is 3. The van der Waals surface area contributed by atoms with E-state index in [2.05, 4.69) is 4.98 Å². The normalized spacial score (nSPS) is 15.6. The Labute approximate surface area is 109 Å². The van der Waals surface area contributed by atoms with Crippen LogP contribution in [0, 0.1) is 0 Å². The Bertz CT molecular complexity index is 472. The van der Waals surface area contributed by atoms with Gasteiger partial charge in [0.25, 0.3) is 5.91 Å². The summed E-state index contributed by atoms with van der Waals surface area (Å²) in [6.45, 7) is 1.39. The third-order valence-electron chi connectivity index (χ3n) is 2.78. The lowest BCUT2D eigenvalue weighted by molar-refractivity contribution is 0.0619. The van der Waals surface area contributed by atoms with Crippen molar-refractivity contribution < 1.29 is 14.7 Å². The molecule has 1 aliphatic rings. The summed E-state index contributed by atoms with van der Waals surface area (Å²) in [5.74, 6) is -0.220. The van der Waals surface area contributed by atoms with Gasteiger partial charge < -0.3 is 14.9 Å². The minimum atomic E-state index is -0.956. The van der Waals surface area contributed by atoms with Crippen LogP contribution in [-0.4, -0.2) is 58.1 Å². The Hall–Kier alpha value is -1.82. The Morgan fingerprint density at radius 2 is 1.83 bits per heavy atom. The van der Waals surface area contributed by atoms with Crippen molar-refractivity contribution in [3.8, 4) is 0 Å². The topological polar surface area (TPSA) is 73.7 Å². The Morgan fingerprint density at radius 3 is 2.39 bits per heavy atom. The van der Waals surface area contributed by atoms with Gasteiger partial charge in [-0.15, -0.1) is 0 Å². The first-order valence-corrected chi connectivity index (χ1v) is 5.84. The van der Waals surface area contributed by atoms with E-state index in [4.69, 9.17) is 16.7 Å². The molecule has 1 aromatic rings. The van der Waals surface area contributed by atoms with Gasteiger partial charge in [0, 0.05) is 37.4 Å². The number of amides is 2. The van der Waals surface area contributed by atoms with E-state index in [1.54, 1.807) is 11.0 Å². The second-order valence-electron chi connectivity index (χ2n) is 3.92. The average molecular weight is 270 g/mol. The van der Waals surface area contributed by atoms with E-state index in [1.165, 1.54) is 17.2 Å². The fourth-order valence-corrected chi connectivity index (χ4v) is 1.94. The van der Waals surface area contributed by atoms with Crippen molar-refractivity contribution in [3.05, 3.63) is 29.0 Å². The molecule has 1 aromatic heterocycles. The van der Waals surface area contributed by atoms with Gasteiger partial charge in [-0.3, -0.25) is 9.78 Å². The summed E-state index contributed by atoms with van der Waals surface area (Å²) in [6.07, 6.45) is 0.520. The van der Waals surface area contributed by atoms with E-state index in [9.17, 15) is 9.59 Å². The second kappa shape index (κ2) is 5.22. The average Bonchev–Trinajstić information content (AvgIpc) is 2.38. The van der Waals surface area contributed by atoms with E-state index < -0.39 is 6.09 Å². The monoisotopic (exact) mass is 269 g/mol. The number of nitrogens with zero attached hydrogens (tertiary/aromatic N) is 3. The van der Waals surface area contributed by atoms with Crippen LogP contribution >= 0.6 is 11.6 Å². The summed E-state index contributed by atoms with van der Waals surface area (Å²) >= 11 is 5.80. The van der Waals surface area contributed by atoms with Gasteiger partial charge in [-0.25, -0.2) is 4.79 Å². The van der Waals surface area contributed by atoms with Gasteiger partial charge in [-0.05, 0) is 12.1 Å². The number of piperazine rings is 1. The molecule has 2 heterocycles. The Kier molecular flexibility index (Phi) is 3.66. The molecule has 1 N–H and O–H groups in total. The van der Waals surface area contributed by atoms with Crippen LogP contribution < -0.4 is 0 Å². The van der Waals surface area contributed by atoms with Crippen LogP contribution in [0.1, 0.15) is 10.5 Å². The van der Waals surface area contributed by atoms with E-state index in [0.29, 0.717) is 31.2 Å². The third kappa shape index (κ3) is 2.70. The molecule has 6 nitrogen and oxygen atoms in total. The molecule has 0 spiro atoms. The highest BCUT2D eigenvalue weighted by atomic mass is 35.5. The van der Waals surface area contributed by atoms with Crippen molar-refractivity contribution in [3.63, 3.8) is 0 Å². The molecule has 96 valence electrons. The third-order valence-corrected chi connectivity index (χ3v) is 3.01. The molecule has 0 bridgehead atoms. The lowest BCUT2D eigenvalue weighted by Crippen LogP contribution is -2.50. The molecular weight excluding hydrogens is 258 g/mol. The van der Waals surface area contributed by atoms with E-state index in [-0.39, 0.29) is 11.6 Å². The molecule has 7 heteroatoms. The highest BCUT2D eigenvalue weighted by molar-refractivity contribution is 6.30. The van der Waals surface area contributed by atoms with Crippen molar-refractivity contribution in [2.75, 3.05) is 26.2 Å². The zero-order valence-corrected chi connectivity index (χ0v) is 10.3. The number of carboxylic acid groups (broad SMARTS) is 1. The molecular formula is C11H12ClN3O3. The predicted molar refractivity (Wildman–Crippen MR) is 64.7 cm³/mol. The molecule has 0 aliphatic carbocycles. The van der Waals surface area contributed by atoms with Crippen LogP contribution in [0.15, 0.2) is 18.3 Å². The van der Waals surface area contributed by atoms with Gasteiger partial charge in [0.05, 0.1) is 0 Å². The van der Waals surface area contributed by atoms with Crippen molar-refractivity contribution in [2.45, 2.75) is 0 Å². The first-order valence-electron chi connectivity index (χ1n) is 5.46. The van der Waals surface area contributed by atoms with Crippen LogP contribution in [-0.2, 0) is 0 Å². The molecule has 0 radical (unpaired) electrons. The van der Waals surface area contributed by atoms with Crippen LogP contribution in [0.2, 0.25) is 5.02 Å². The van der Waals surface area contributed by atoms with E-state index >= 15 is 0 Å². The van der Waals surface area contributed by atoms with Crippen LogP contribution in [0.5, 0.6) is 0 Å². The molecule has 1 aliphatic heterocycles. The van der Waals surface area contributed by atoms with Crippen LogP contribution in [0.3, 0.4) is 0 Å². The summed E-state index contributed by atoms with van der Waals surface area (Å²) in [6, 6.07) is 3.11. The number of halogens is 1. The number of hydrogen-bond donors (Lipinski definition) is 1. The summed E-state index contributed by atoms with van der Waals surface area (Å²) in [7, 11) is 0. The quantitative estimate of drug-likeness (QED) is 0.831. The Morgan fingerprint density at radius 1 is 1.22 bits per heavy atom. The lowest BCUT2D eigenvalue weighted by Gasteiger charge is -2.32. The summed E-state index contributed by atoms with van der Waals surface area (Å²) < 4.78 is 0. The van der Waals surface area contributed by atoms with Crippen LogP contribution in [0.4, 0.5) is 4.79 Å². The maximum Gasteiger partial charge on any atom is 0.407 e. The molecule has 2 amide bonds. The summed E-state index contributed by atoms with van der Waals surface area (Å²) in [4.78, 5) is 29.6. The maximum atomic E-state index is 12.1. The fourth-order valence-electron chi connectivity index (χ4n) is 1.78. The highest BCUT2D eigenvalue weighted by Crippen LogP contribution is 2.11. The number of aromatic nitrogens is 1. The number of carbonyl (C=O) groups is 2. The molecule has 1 saturated heterocycles. The van der Waals surface area contributed by atoms with Gasteiger partial charge in [0.2, 0.25) is 0 Å². The van der Waals surface area contributed by atoms with Gasteiger partial charge in [0.1, 0.15) is 5.69 Å². The zero-order valence-electron chi connectivity index (χ0n) is 9.54. The first kappa shape index (κ1) is 12.6. The van der Waals surface area contributed by atoms with Gasteiger partial charge in [-0.2, -0.15) is 0 Å². The van der Waals surface area contributed by atoms with Crippen LogP contribution in [0.25, 0.3) is 0 Å². The molecule has 2 rings (SSSR count). The SMILES string of the molecule is O=C(O)N1CCN(C(=O)c2cc(Cl)ccn2)CC1. The largest absolute Gasteiger partial charge is 0.465 e. The summed E-state index contributed by atoms with van der Waals surface area (Å²) in [5.41, 5.74) is 0.284. The van der Waals surface area contributed by atoms with Gasteiger partial charge in [-0.1, -0.05) is 11.6 Å². The number of carbonyl (C=O) groups excluding carboxylic acids is 1. The maximum absolute atomic E-state index is 12.1. The summed E-state index contributed by atoms with van der Waals surface area (Å²) in [5, 5.41) is 9.27. The standard InChI is InChI=1S/C11H12ClN3O3/c12-8-1-2-13-9(7-8)10(16)14-3-5-15(6-4-14)11(17)18/h1-2,7H,3-6H2,(H,17,18). The van der Waals surface area contributed by atoms with Crippen molar-refractivity contribution in [2.24, 2.45) is 0 Å². The first-order chi connectivity index (χ1) is 8.58. The van der Waals surface area contributed by atoms with Crippen molar-refractivity contribution >= 4 is 23.6 Å². The van der Waals surface area contributed by atoms with Crippen molar-refractivity contribution in [1.29, 1.82) is 0 Å². The number of rotatable bonds is 1. The molecule has 0 aromatic carbocycles. The zero-order chi connectivity index (χ0) is 13.1. The van der Waals surface area contributed by atoms with Gasteiger partial charge >= 0.3 is 6.09 Å². The minimum absolute atomic E-state index is 0.220. The Balaban J connectivity index is 2.02. The molecule has 0 unspecified atom stereocenters. The highest BCUT2D eigenvalue weighted by Gasteiger charge is 2.25. The number of pyridine rings is 1. The smallest absolute Gasteiger partial charge is 0.407 e. The van der Waals surface area contributed by atoms with Crippen molar-refractivity contribution in [1.82, 2.24) is 14.8 Å². The molecule has 1 fully saturated rings. The molecule has 18 heavy (non-hydrogen) atoms. The lowest BCUT2D eigenvalue weighted by atomic mass is 10.2. The second-order valence-corrected chi connectivity index (χ2v) is 4.36. The predicted octanol–water partition coefficient (Wildman–Crippen LogP) is 1.17. The van der Waals surface area contributed by atoms with Gasteiger partial charge in [0.15, 0.2) is 0 Å².